The van der Waals surface area contributed by atoms with E-state index in [9.17, 15) is 14.4 Å². The first-order valence-corrected chi connectivity index (χ1v) is 11.4. The standard InChI is InChI=1S/C25H23N3O4S/c1-4-32-25(31)22-19-14-33-23(26-20(29)13-17-7-5-6-16(3)12-17)21(19)24(30)28(27-22)18-10-8-15(2)9-11-18/h5-12,14H,4,13H2,1-3H3,(H,26,29). The van der Waals surface area contributed by atoms with Gasteiger partial charge in [-0.05, 0) is 38.5 Å². The van der Waals surface area contributed by atoms with Gasteiger partial charge in [-0.1, -0.05) is 47.5 Å². The third-order valence-electron chi connectivity index (χ3n) is 5.10. The highest BCUT2D eigenvalue weighted by molar-refractivity contribution is 7.16. The first-order chi connectivity index (χ1) is 15.9. The van der Waals surface area contributed by atoms with Crippen molar-refractivity contribution >= 4 is 39.0 Å². The molecule has 0 saturated carbocycles. The Kier molecular flexibility index (Phi) is 6.37. The zero-order valence-electron chi connectivity index (χ0n) is 18.5. The van der Waals surface area contributed by atoms with Crippen LogP contribution in [0.3, 0.4) is 0 Å². The molecule has 0 unspecified atom stereocenters. The number of anilines is 1. The molecule has 0 bridgehead atoms. The molecule has 2 aromatic heterocycles. The van der Waals surface area contributed by atoms with Gasteiger partial charge in [-0.15, -0.1) is 11.3 Å². The number of aryl methyl sites for hydroxylation is 2. The van der Waals surface area contributed by atoms with E-state index in [4.69, 9.17) is 4.74 Å². The van der Waals surface area contributed by atoms with E-state index in [-0.39, 0.29) is 30.0 Å². The predicted molar refractivity (Wildman–Crippen MR) is 129 cm³/mol. The maximum absolute atomic E-state index is 13.4. The van der Waals surface area contributed by atoms with Crippen molar-refractivity contribution in [3.63, 3.8) is 0 Å². The molecule has 4 rings (SSSR count). The van der Waals surface area contributed by atoms with Crippen LogP contribution in [0.2, 0.25) is 0 Å². The van der Waals surface area contributed by atoms with E-state index in [0.29, 0.717) is 16.1 Å². The number of carbonyl (C=O) groups excluding carboxylic acids is 2. The second-order valence-electron chi connectivity index (χ2n) is 7.69. The van der Waals surface area contributed by atoms with Gasteiger partial charge in [0, 0.05) is 10.8 Å². The lowest BCUT2D eigenvalue weighted by molar-refractivity contribution is -0.115. The number of thiophene rings is 1. The zero-order valence-corrected chi connectivity index (χ0v) is 19.4. The van der Waals surface area contributed by atoms with Crippen LogP contribution >= 0.6 is 11.3 Å². The molecule has 0 fully saturated rings. The van der Waals surface area contributed by atoms with Gasteiger partial charge in [-0.2, -0.15) is 9.78 Å². The van der Waals surface area contributed by atoms with Gasteiger partial charge in [0.05, 0.1) is 24.1 Å². The second kappa shape index (κ2) is 9.38. The van der Waals surface area contributed by atoms with Crippen molar-refractivity contribution in [2.75, 3.05) is 11.9 Å². The summed E-state index contributed by atoms with van der Waals surface area (Å²) in [5.41, 5.74) is 3.09. The smallest absolute Gasteiger partial charge is 0.359 e. The molecule has 8 heteroatoms. The number of nitrogens with one attached hydrogen (secondary N) is 1. The van der Waals surface area contributed by atoms with Gasteiger partial charge in [0.1, 0.15) is 5.00 Å². The quantitative estimate of drug-likeness (QED) is 0.429. The normalized spacial score (nSPS) is 10.9. The monoisotopic (exact) mass is 461 g/mol. The number of esters is 1. The SMILES string of the molecule is CCOC(=O)c1nn(-c2ccc(C)cc2)c(=O)c2c(NC(=O)Cc3cccc(C)c3)scc12. The van der Waals surface area contributed by atoms with Gasteiger partial charge in [0.2, 0.25) is 5.91 Å². The van der Waals surface area contributed by atoms with Gasteiger partial charge >= 0.3 is 5.97 Å². The maximum atomic E-state index is 13.4. The molecule has 1 amide bonds. The van der Waals surface area contributed by atoms with Crippen molar-refractivity contribution in [2.24, 2.45) is 0 Å². The molecule has 0 radical (unpaired) electrons. The molecular weight excluding hydrogens is 438 g/mol. The van der Waals surface area contributed by atoms with Crippen molar-refractivity contribution in [3.8, 4) is 5.69 Å². The van der Waals surface area contributed by atoms with E-state index < -0.39 is 11.5 Å². The highest BCUT2D eigenvalue weighted by Gasteiger charge is 2.23. The molecule has 4 aromatic rings. The number of hydrogen-bond donors (Lipinski definition) is 1. The Morgan fingerprint density at radius 2 is 1.85 bits per heavy atom. The Morgan fingerprint density at radius 1 is 1.09 bits per heavy atom. The lowest BCUT2D eigenvalue weighted by Crippen LogP contribution is -2.25. The minimum Gasteiger partial charge on any atom is -0.461 e. The number of benzene rings is 2. The summed E-state index contributed by atoms with van der Waals surface area (Å²) in [6.45, 7) is 5.78. The van der Waals surface area contributed by atoms with Crippen LogP contribution in [0.25, 0.3) is 16.5 Å². The van der Waals surface area contributed by atoms with Crippen LogP contribution in [-0.4, -0.2) is 28.3 Å². The number of ether oxygens (including phenoxy) is 1. The van der Waals surface area contributed by atoms with Crippen LogP contribution in [0, 0.1) is 13.8 Å². The van der Waals surface area contributed by atoms with E-state index in [0.717, 1.165) is 16.7 Å². The Bertz CT molecular complexity index is 1400. The molecule has 0 aliphatic heterocycles. The molecule has 2 heterocycles. The van der Waals surface area contributed by atoms with Gasteiger partial charge in [0.25, 0.3) is 5.56 Å². The molecule has 1 N–H and O–H groups in total. The number of aromatic nitrogens is 2. The fourth-order valence-electron chi connectivity index (χ4n) is 3.53. The molecule has 0 aliphatic carbocycles. The highest BCUT2D eigenvalue weighted by atomic mass is 32.1. The Morgan fingerprint density at radius 3 is 2.55 bits per heavy atom. The van der Waals surface area contributed by atoms with E-state index in [1.54, 1.807) is 24.4 Å². The summed E-state index contributed by atoms with van der Waals surface area (Å²) in [5.74, 6) is -0.876. The summed E-state index contributed by atoms with van der Waals surface area (Å²) in [7, 11) is 0. The summed E-state index contributed by atoms with van der Waals surface area (Å²) in [6, 6.07) is 14.9. The van der Waals surface area contributed by atoms with Crippen LogP contribution in [0.15, 0.2) is 58.7 Å². The number of fused-ring (bicyclic) bond motifs is 1. The van der Waals surface area contributed by atoms with Crippen molar-refractivity contribution in [1.29, 1.82) is 0 Å². The maximum Gasteiger partial charge on any atom is 0.359 e. The van der Waals surface area contributed by atoms with Gasteiger partial charge < -0.3 is 10.1 Å². The number of carbonyl (C=O) groups is 2. The summed E-state index contributed by atoms with van der Waals surface area (Å²) in [5, 5.41) is 9.78. The molecule has 0 aliphatic rings. The van der Waals surface area contributed by atoms with E-state index >= 15 is 0 Å². The van der Waals surface area contributed by atoms with Crippen LogP contribution < -0.4 is 10.9 Å². The van der Waals surface area contributed by atoms with E-state index in [1.165, 1.54) is 16.0 Å². The lowest BCUT2D eigenvalue weighted by atomic mass is 10.1. The lowest BCUT2D eigenvalue weighted by Gasteiger charge is -2.10. The summed E-state index contributed by atoms with van der Waals surface area (Å²) in [6.07, 6.45) is 0.170. The van der Waals surface area contributed by atoms with Crippen molar-refractivity contribution in [3.05, 3.63) is 86.6 Å². The Labute approximate surface area is 194 Å². The van der Waals surface area contributed by atoms with Gasteiger partial charge in [-0.3, -0.25) is 9.59 Å². The first-order valence-electron chi connectivity index (χ1n) is 10.5. The molecule has 0 saturated heterocycles. The fourth-order valence-corrected chi connectivity index (χ4v) is 4.48. The third kappa shape index (κ3) is 4.70. The topological polar surface area (TPSA) is 90.3 Å². The van der Waals surface area contributed by atoms with Gasteiger partial charge in [-0.25, -0.2) is 4.79 Å². The molecule has 33 heavy (non-hydrogen) atoms. The number of nitrogens with zero attached hydrogens (tertiary/aromatic N) is 2. The number of rotatable bonds is 6. The fraction of sp³-hybridized carbons (Fsp3) is 0.200. The minimum atomic E-state index is -0.626. The van der Waals surface area contributed by atoms with Crippen LogP contribution in [0.1, 0.15) is 34.1 Å². The number of hydrogen-bond acceptors (Lipinski definition) is 6. The van der Waals surface area contributed by atoms with Crippen molar-refractivity contribution in [1.82, 2.24) is 9.78 Å². The average Bonchev–Trinajstić information content (AvgIpc) is 3.19. The molecule has 0 atom stereocenters. The number of amides is 1. The molecule has 0 spiro atoms. The van der Waals surface area contributed by atoms with Crippen LogP contribution in [0.5, 0.6) is 0 Å². The molecule has 7 nitrogen and oxygen atoms in total. The van der Waals surface area contributed by atoms with Crippen LogP contribution in [-0.2, 0) is 16.0 Å². The average molecular weight is 462 g/mol. The molecule has 168 valence electrons. The van der Waals surface area contributed by atoms with E-state index in [1.807, 2.05) is 50.2 Å². The van der Waals surface area contributed by atoms with Crippen molar-refractivity contribution < 1.29 is 14.3 Å². The summed E-state index contributed by atoms with van der Waals surface area (Å²) >= 11 is 1.18. The molecule has 2 aromatic carbocycles. The zero-order chi connectivity index (χ0) is 23.5. The molecular formula is C25H23N3O4S. The third-order valence-corrected chi connectivity index (χ3v) is 6.00. The minimum absolute atomic E-state index is 0.0301. The van der Waals surface area contributed by atoms with Crippen molar-refractivity contribution in [2.45, 2.75) is 27.2 Å². The highest BCUT2D eigenvalue weighted by Crippen LogP contribution is 2.31. The van der Waals surface area contributed by atoms with E-state index in [2.05, 4.69) is 10.4 Å². The Balaban J connectivity index is 1.79. The predicted octanol–water partition coefficient (Wildman–Crippen LogP) is 4.42. The van der Waals surface area contributed by atoms with Crippen LogP contribution in [0.4, 0.5) is 5.00 Å². The Hall–Kier alpha value is -3.78. The van der Waals surface area contributed by atoms with Gasteiger partial charge in [0.15, 0.2) is 5.69 Å². The first kappa shape index (κ1) is 22.4. The largest absolute Gasteiger partial charge is 0.461 e. The summed E-state index contributed by atoms with van der Waals surface area (Å²) < 4.78 is 6.34. The second-order valence-corrected chi connectivity index (χ2v) is 8.57. The summed E-state index contributed by atoms with van der Waals surface area (Å²) in [4.78, 5) is 38.8.